The highest BCUT2D eigenvalue weighted by atomic mass is 19.4. The van der Waals surface area contributed by atoms with Crippen molar-refractivity contribution in [3.05, 3.63) is 42.4 Å². The summed E-state index contributed by atoms with van der Waals surface area (Å²) in [5.41, 5.74) is -0.224. The van der Waals surface area contributed by atoms with Crippen LogP contribution in [0, 0.1) is 0 Å². The van der Waals surface area contributed by atoms with E-state index in [2.05, 4.69) is 4.98 Å². The van der Waals surface area contributed by atoms with E-state index in [9.17, 15) is 13.2 Å². The second-order valence-corrected chi connectivity index (χ2v) is 3.59. The van der Waals surface area contributed by atoms with E-state index in [1.54, 1.807) is 37.3 Å². The van der Waals surface area contributed by atoms with Gasteiger partial charge in [-0.2, -0.15) is 13.2 Å². The number of aryl methyl sites for hydroxylation is 1. The lowest BCUT2D eigenvalue weighted by Gasteiger charge is -2.11. The number of alkyl halides is 3. The molecule has 90 valence electrons. The van der Waals surface area contributed by atoms with Crippen molar-refractivity contribution in [2.45, 2.75) is 19.6 Å². The van der Waals surface area contributed by atoms with Crippen molar-refractivity contribution in [2.24, 2.45) is 0 Å². The van der Waals surface area contributed by atoms with Crippen LogP contribution in [0.25, 0.3) is 11.3 Å². The molecule has 0 aliphatic carbocycles. The van der Waals surface area contributed by atoms with E-state index in [0.29, 0.717) is 5.56 Å². The van der Waals surface area contributed by atoms with Gasteiger partial charge in [-0.15, -0.1) is 0 Å². The molecule has 0 N–H and O–H groups in total. The summed E-state index contributed by atoms with van der Waals surface area (Å²) in [6, 6.07) is 8.39. The van der Waals surface area contributed by atoms with E-state index in [0.717, 1.165) is 4.57 Å². The molecule has 2 aromatic rings. The highest BCUT2D eigenvalue weighted by Gasteiger charge is 2.38. The van der Waals surface area contributed by atoms with Gasteiger partial charge in [-0.25, -0.2) is 4.98 Å². The van der Waals surface area contributed by atoms with Gasteiger partial charge in [0.05, 0.1) is 6.33 Å². The third kappa shape index (κ3) is 2.18. The maximum absolute atomic E-state index is 13.0. The molecule has 0 amide bonds. The molecule has 0 aliphatic heterocycles. The molecule has 5 heteroatoms. The zero-order chi connectivity index (χ0) is 12.5. The lowest BCUT2D eigenvalue weighted by atomic mass is 10.1. The first-order valence-electron chi connectivity index (χ1n) is 5.21. The van der Waals surface area contributed by atoms with Crippen LogP contribution in [0.4, 0.5) is 13.2 Å². The standard InChI is InChI=1S/C12H11F3N2/c1-2-17-8-16-10(11(17)12(13,14)15)9-6-4-3-5-7-9/h3-8H,2H2,1H3. The Labute approximate surface area is 96.7 Å². The number of nitrogens with zero attached hydrogens (tertiary/aromatic N) is 2. The molecular formula is C12H11F3N2. The average molecular weight is 240 g/mol. The fourth-order valence-electron chi connectivity index (χ4n) is 1.73. The molecule has 0 bridgehead atoms. The molecule has 17 heavy (non-hydrogen) atoms. The summed E-state index contributed by atoms with van der Waals surface area (Å²) < 4.78 is 40.0. The first-order valence-corrected chi connectivity index (χ1v) is 5.21. The smallest absolute Gasteiger partial charge is 0.327 e. The number of hydrogen-bond acceptors (Lipinski definition) is 1. The van der Waals surface area contributed by atoms with Crippen LogP contribution in [-0.4, -0.2) is 9.55 Å². The highest BCUT2D eigenvalue weighted by molar-refractivity contribution is 5.62. The number of benzene rings is 1. The van der Waals surface area contributed by atoms with E-state index in [1.165, 1.54) is 6.33 Å². The Morgan fingerprint density at radius 2 is 1.82 bits per heavy atom. The average Bonchev–Trinajstić information content (AvgIpc) is 2.73. The minimum atomic E-state index is -4.39. The van der Waals surface area contributed by atoms with Crippen LogP contribution in [0.5, 0.6) is 0 Å². The van der Waals surface area contributed by atoms with Gasteiger partial charge >= 0.3 is 6.18 Å². The van der Waals surface area contributed by atoms with E-state index in [1.807, 2.05) is 0 Å². The molecule has 0 saturated heterocycles. The third-order valence-corrected chi connectivity index (χ3v) is 2.49. The summed E-state index contributed by atoms with van der Waals surface area (Å²) >= 11 is 0. The maximum Gasteiger partial charge on any atom is 0.433 e. The van der Waals surface area contributed by atoms with Crippen LogP contribution in [0.1, 0.15) is 12.6 Å². The monoisotopic (exact) mass is 240 g/mol. The van der Waals surface area contributed by atoms with Crippen LogP contribution >= 0.6 is 0 Å². The molecule has 1 aromatic carbocycles. The van der Waals surface area contributed by atoms with Crippen LogP contribution in [0.3, 0.4) is 0 Å². The Hall–Kier alpha value is -1.78. The molecule has 1 aromatic heterocycles. The lowest BCUT2D eigenvalue weighted by molar-refractivity contribution is -0.142. The van der Waals surface area contributed by atoms with Crippen LogP contribution < -0.4 is 0 Å². The molecule has 1 heterocycles. The Morgan fingerprint density at radius 3 is 2.35 bits per heavy atom. The molecule has 2 nitrogen and oxygen atoms in total. The predicted molar refractivity (Wildman–Crippen MR) is 58.3 cm³/mol. The van der Waals surface area contributed by atoms with Gasteiger partial charge in [0.2, 0.25) is 0 Å². The van der Waals surface area contributed by atoms with Gasteiger partial charge in [0, 0.05) is 12.1 Å². The van der Waals surface area contributed by atoms with Crippen LogP contribution in [-0.2, 0) is 12.7 Å². The van der Waals surface area contributed by atoms with E-state index in [4.69, 9.17) is 0 Å². The summed E-state index contributed by atoms with van der Waals surface area (Å²) in [5, 5.41) is 0. The van der Waals surface area contributed by atoms with Crippen molar-refractivity contribution in [3.8, 4) is 11.3 Å². The molecule has 0 saturated carbocycles. The van der Waals surface area contributed by atoms with Gasteiger partial charge in [-0.1, -0.05) is 30.3 Å². The molecule has 0 spiro atoms. The third-order valence-electron chi connectivity index (χ3n) is 2.49. The zero-order valence-electron chi connectivity index (χ0n) is 9.20. The molecule has 2 rings (SSSR count). The molecular weight excluding hydrogens is 229 g/mol. The number of hydrogen-bond donors (Lipinski definition) is 0. The van der Waals surface area contributed by atoms with Crippen molar-refractivity contribution in [1.82, 2.24) is 9.55 Å². The van der Waals surface area contributed by atoms with E-state index >= 15 is 0 Å². The van der Waals surface area contributed by atoms with E-state index < -0.39 is 11.9 Å². The van der Waals surface area contributed by atoms with Crippen LogP contribution in [0.2, 0.25) is 0 Å². The van der Waals surface area contributed by atoms with Crippen molar-refractivity contribution < 1.29 is 13.2 Å². The SMILES string of the molecule is CCn1cnc(-c2ccccc2)c1C(F)(F)F. The Morgan fingerprint density at radius 1 is 1.18 bits per heavy atom. The van der Waals surface area contributed by atoms with Gasteiger partial charge in [0.25, 0.3) is 0 Å². The number of aromatic nitrogens is 2. The number of rotatable bonds is 2. The fraction of sp³-hybridized carbons (Fsp3) is 0.250. The van der Waals surface area contributed by atoms with Gasteiger partial charge in [0.1, 0.15) is 5.69 Å². The van der Waals surface area contributed by atoms with E-state index in [-0.39, 0.29) is 12.2 Å². The van der Waals surface area contributed by atoms with Gasteiger partial charge < -0.3 is 4.57 Å². The maximum atomic E-state index is 13.0. The highest BCUT2D eigenvalue weighted by Crippen LogP contribution is 2.36. The second kappa shape index (κ2) is 4.24. The first-order chi connectivity index (χ1) is 8.04. The van der Waals surface area contributed by atoms with Gasteiger partial charge in [0.15, 0.2) is 5.69 Å². The van der Waals surface area contributed by atoms with Crippen LogP contribution in [0.15, 0.2) is 36.7 Å². The van der Waals surface area contributed by atoms with Gasteiger partial charge in [-0.05, 0) is 6.92 Å². The lowest BCUT2D eigenvalue weighted by Crippen LogP contribution is -2.13. The number of imidazole rings is 1. The molecule has 0 aliphatic rings. The normalized spacial score (nSPS) is 11.8. The zero-order valence-corrected chi connectivity index (χ0v) is 9.20. The Balaban J connectivity index is 2.60. The largest absolute Gasteiger partial charge is 0.433 e. The van der Waals surface area contributed by atoms with Gasteiger partial charge in [-0.3, -0.25) is 0 Å². The van der Waals surface area contributed by atoms with Crippen molar-refractivity contribution in [2.75, 3.05) is 0 Å². The minimum Gasteiger partial charge on any atom is -0.327 e. The molecule has 0 unspecified atom stereocenters. The topological polar surface area (TPSA) is 17.8 Å². The summed E-state index contributed by atoms with van der Waals surface area (Å²) in [4.78, 5) is 3.87. The summed E-state index contributed by atoms with van der Waals surface area (Å²) in [5.74, 6) is 0. The molecule has 0 radical (unpaired) electrons. The quantitative estimate of drug-likeness (QED) is 0.784. The Kier molecular flexibility index (Phi) is 2.92. The van der Waals surface area contributed by atoms with Crippen molar-refractivity contribution in [3.63, 3.8) is 0 Å². The minimum absolute atomic E-state index is 0.0139. The number of halogens is 3. The summed E-state index contributed by atoms with van der Waals surface area (Å²) in [6.45, 7) is 1.90. The predicted octanol–water partition coefficient (Wildman–Crippen LogP) is 3.59. The Bertz CT molecular complexity index is 500. The van der Waals surface area contributed by atoms with Crippen molar-refractivity contribution in [1.29, 1.82) is 0 Å². The second-order valence-electron chi connectivity index (χ2n) is 3.59. The summed E-state index contributed by atoms with van der Waals surface area (Å²) in [7, 11) is 0. The summed E-state index contributed by atoms with van der Waals surface area (Å²) in [6.07, 6.45) is -3.16. The van der Waals surface area contributed by atoms with Crippen molar-refractivity contribution >= 4 is 0 Å². The first kappa shape index (κ1) is 11.7. The fourth-order valence-corrected chi connectivity index (χ4v) is 1.73. The molecule has 0 atom stereocenters. The molecule has 0 fully saturated rings.